The SMILES string of the molecule is Cc1nc(N2CCCC(Nc3cc(N(C)C)ncn3)C2)ccc1Br. The Morgan fingerprint density at radius 1 is 1.29 bits per heavy atom. The molecule has 1 saturated heterocycles. The molecule has 1 unspecified atom stereocenters. The lowest BCUT2D eigenvalue weighted by molar-refractivity contribution is 0.525. The third kappa shape index (κ3) is 3.95. The van der Waals surface area contributed by atoms with Crippen LogP contribution in [0.25, 0.3) is 0 Å². The second-order valence-electron chi connectivity index (χ2n) is 6.32. The Bertz CT molecular complexity index is 705. The molecule has 24 heavy (non-hydrogen) atoms. The summed E-state index contributed by atoms with van der Waals surface area (Å²) in [6, 6.07) is 6.49. The molecule has 0 bridgehead atoms. The van der Waals surface area contributed by atoms with Gasteiger partial charge in [-0.15, -0.1) is 0 Å². The molecule has 1 fully saturated rings. The molecular formula is C17H23BrN6. The number of halogens is 1. The van der Waals surface area contributed by atoms with Gasteiger partial charge in [0, 0.05) is 43.8 Å². The number of aryl methyl sites for hydroxylation is 1. The van der Waals surface area contributed by atoms with Gasteiger partial charge in [0.25, 0.3) is 0 Å². The van der Waals surface area contributed by atoms with Crippen molar-refractivity contribution in [1.29, 1.82) is 0 Å². The summed E-state index contributed by atoms with van der Waals surface area (Å²) >= 11 is 3.52. The molecule has 2 aromatic rings. The summed E-state index contributed by atoms with van der Waals surface area (Å²) in [7, 11) is 3.96. The number of pyridine rings is 1. The van der Waals surface area contributed by atoms with E-state index in [9.17, 15) is 0 Å². The molecule has 0 amide bonds. The highest BCUT2D eigenvalue weighted by molar-refractivity contribution is 9.10. The molecule has 0 saturated carbocycles. The van der Waals surface area contributed by atoms with E-state index < -0.39 is 0 Å². The fourth-order valence-corrected chi connectivity index (χ4v) is 3.11. The van der Waals surface area contributed by atoms with Crippen molar-refractivity contribution in [3.05, 3.63) is 34.7 Å². The molecule has 6 nitrogen and oxygen atoms in total. The van der Waals surface area contributed by atoms with Crippen molar-refractivity contribution in [2.45, 2.75) is 25.8 Å². The van der Waals surface area contributed by atoms with Crippen LogP contribution < -0.4 is 15.1 Å². The van der Waals surface area contributed by atoms with Gasteiger partial charge >= 0.3 is 0 Å². The van der Waals surface area contributed by atoms with Crippen LogP contribution in [0.15, 0.2) is 29.0 Å². The van der Waals surface area contributed by atoms with E-state index in [1.165, 1.54) is 0 Å². The summed E-state index contributed by atoms with van der Waals surface area (Å²) in [6.07, 6.45) is 3.88. The van der Waals surface area contributed by atoms with Crippen LogP contribution >= 0.6 is 15.9 Å². The van der Waals surface area contributed by atoms with E-state index in [0.717, 1.165) is 53.6 Å². The number of hydrogen-bond donors (Lipinski definition) is 1. The minimum Gasteiger partial charge on any atom is -0.365 e. The Morgan fingerprint density at radius 3 is 2.88 bits per heavy atom. The largest absolute Gasteiger partial charge is 0.365 e. The Labute approximate surface area is 151 Å². The summed E-state index contributed by atoms with van der Waals surface area (Å²) in [5, 5.41) is 3.55. The van der Waals surface area contributed by atoms with Gasteiger partial charge in [0.1, 0.15) is 23.8 Å². The average molecular weight is 391 g/mol. The van der Waals surface area contributed by atoms with Crippen LogP contribution in [0.4, 0.5) is 17.5 Å². The lowest BCUT2D eigenvalue weighted by atomic mass is 10.1. The van der Waals surface area contributed by atoms with Gasteiger partial charge in [0.15, 0.2) is 0 Å². The van der Waals surface area contributed by atoms with Crippen molar-refractivity contribution < 1.29 is 0 Å². The first-order valence-corrected chi connectivity index (χ1v) is 8.96. The van der Waals surface area contributed by atoms with Crippen LogP contribution in [-0.4, -0.2) is 48.2 Å². The molecule has 1 N–H and O–H groups in total. The van der Waals surface area contributed by atoms with Gasteiger partial charge in [-0.2, -0.15) is 0 Å². The molecule has 3 heterocycles. The zero-order chi connectivity index (χ0) is 17.1. The lowest BCUT2D eigenvalue weighted by Crippen LogP contribution is -2.42. The van der Waals surface area contributed by atoms with Crippen molar-refractivity contribution in [2.75, 3.05) is 42.3 Å². The van der Waals surface area contributed by atoms with Crippen molar-refractivity contribution in [1.82, 2.24) is 15.0 Å². The number of rotatable bonds is 4. The maximum atomic E-state index is 4.69. The quantitative estimate of drug-likeness (QED) is 0.865. The van der Waals surface area contributed by atoms with Gasteiger partial charge in [-0.05, 0) is 47.8 Å². The summed E-state index contributed by atoms with van der Waals surface area (Å²) in [4.78, 5) is 17.6. The lowest BCUT2D eigenvalue weighted by Gasteiger charge is -2.34. The first kappa shape index (κ1) is 17.0. The van der Waals surface area contributed by atoms with E-state index in [1.807, 2.05) is 32.0 Å². The summed E-state index contributed by atoms with van der Waals surface area (Å²) in [6.45, 7) is 3.99. The predicted octanol–water partition coefficient (Wildman–Crippen LogP) is 3.09. The van der Waals surface area contributed by atoms with Crippen molar-refractivity contribution in [3.8, 4) is 0 Å². The second kappa shape index (κ2) is 7.34. The summed E-state index contributed by atoms with van der Waals surface area (Å²) in [5.74, 6) is 2.82. The Hall–Kier alpha value is -1.89. The third-order valence-electron chi connectivity index (χ3n) is 4.21. The maximum absolute atomic E-state index is 4.69. The standard InChI is InChI=1S/C17H23BrN6/c1-12-14(18)6-7-16(21-12)24-8-4-5-13(10-24)22-15-9-17(23(2)3)20-11-19-15/h6-7,9,11,13H,4-5,8,10H2,1-3H3,(H,19,20,22). The molecule has 0 spiro atoms. The van der Waals surface area contributed by atoms with Crippen molar-refractivity contribution >= 4 is 33.4 Å². The summed E-state index contributed by atoms with van der Waals surface area (Å²) < 4.78 is 1.05. The number of piperidine rings is 1. The number of nitrogens with one attached hydrogen (secondary N) is 1. The van der Waals surface area contributed by atoms with Crippen LogP contribution in [-0.2, 0) is 0 Å². The fourth-order valence-electron chi connectivity index (χ4n) is 2.89. The number of anilines is 3. The Balaban J connectivity index is 1.69. The predicted molar refractivity (Wildman–Crippen MR) is 102 cm³/mol. The van der Waals surface area contributed by atoms with Crippen LogP contribution in [0.1, 0.15) is 18.5 Å². The van der Waals surface area contributed by atoms with Crippen LogP contribution in [0.3, 0.4) is 0 Å². The Kier molecular flexibility index (Phi) is 5.18. The van der Waals surface area contributed by atoms with Gasteiger partial charge in [0.2, 0.25) is 0 Å². The number of hydrogen-bond acceptors (Lipinski definition) is 6. The molecule has 0 aliphatic carbocycles. The molecule has 7 heteroatoms. The first-order chi connectivity index (χ1) is 11.5. The molecule has 1 atom stereocenters. The number of nitrogens with zero attached hydrogens (tertiary/aromatic N) is 5. The Morgan fingerprint density at radius 2 is 2.12 bits per heavy atom. The molecule has 0 radical (unpaired) electrons. The van der Waals surface area contributed by atoms with E-state index in [-0.39, 0.29) is 0 Å². The van der Waals surface area contributed by atoms with Crippen LogP contribution in [0.2, 0.25) is 0 Å². The van der Waals surface area contributed by atoms with Crippen LogP contribution in [0.5, 0.6) is 0 Å². The van der Waals surface area contributed by atoms with Crippen molar-refractivity contribution in [3.63, 3.8) is 0 Å². The van der Waals surface area contributed by atoms with E-state index in [2.05, 4.69) is 48.2 Å². The highest BCUT2D eigenvalue weighted by Crippen LogP contribution is 2.23. The molecule has 1 aliphatic heterocycles. The minimum absolute atomic E-state index is 0.356. The zero-order valence-electron chi connectivity index (χ0n) is 14.3. The highest BCUT2D eigenvalue weighted by atomic mass is 79.9. The molecule has 128 valence electrons. The third-order valence-corrected chi connectivity index (χ3v) is 5.05. The van der Waals surface area contributed by atoms with Gasteiger partial charge in [-0.3, -0.25) is 0 Å². The molecule has 0 aromatic carbocycles. The van der Waals surface area contributed by atoms with Gasteiger partial charge in [-0.25, -0.2) is 15.0 Å². The minimum atomic E-state index is 0.356. The van der Waals surface area contributed by atoms with Crippen LogP contribution in [0, 0.1) is 6.92 Å². The average Bonchev–Trinajstić information content (AvgIpc) is 2.58. The van der Waals surface area contributed by atoms with E-state index in [4.69, 9.17) is 4.98 Å². The normalized spacial score (nSPS) is 17.7. The van der Waals surface area contributed by atoms with E-state index in [0.29, 0.717) is 6.04 Å². The maximum Gasteiger partial charge on any atom is 0.133 e. The molecule has 2 aromatic heterocycles. The summed E-state index contributed by atoms with van der Waals surface area (Å²) in [5.41, 5.74) is 1.02. The molecule has 1 aliphatic rings. The van der Waals surface area contributed by atoms with E-state index >= 15 is 0 Å². The topological polar surface area (TPSA) is 57.2 Å². The fraction of sp³-hybridized carbons (Fsp3) is 0.471. The molecule has 3 rings (SSSR count). The van der Waals surface area contributed by atoms with Gasteiger partial charge < -0.3 is 15.1 Å². The van der Waals surface area contributed by atoms with Crippen molar-refractivity contribution in [2.24, 2.45) is 0 Å². The van der Waals surface area contributed by atoms with Gasteiger partial charge in [0.05, 0.1) is 5.69 Å². The monoisotopic (exact) mass is 390 g/mol. The van der Waals surface area contributed by atoms with E-state index in [1.54, 1.807) is 6.33 Å². The first-order valence-electron chi connectivity index (χ1n) is 8.17. The smallest absolute Gasteiger partial charge is 0.133 e. The molecular weight excluding hydrogens is 368 g/mol. The van der Waals surface area contributed by atoms with Gasteiger partial charge in [-0.1, -0.05) is 0 Å². The highest BCUT2D eigenvalue weighted by Gasteiger charge is 2.21. The second-order valence-corrected chi connectivity index (χ2v) is 7.18. The zero-order valence-corrected chi connectivity index (χ0v) is 15.9. The number of aromatic nitrogens is 3.